The van der Waals surface area contributed by atoms with Crippen molar-refractivity contribution < 1.29 is 9.90 Å². The lowest BCUT2D eigenvalue weighted by molar-refractivity contribution is 0.0698. The van der Waals surface area contributed by atoms with Crippen LogP contribution < -0.4 is 5.32 Å². The number of rotatable bonds is 6. The van der Waals surface area contributed by atoms with Gasteiger partial charge in [0.1, 0.15) is 0 Å². The highest BCUT2D eigenvalue weighted by atomic mass is 16.4. The topological polar surface area (TPSA) is 49.3 Å². The highest BCUT2D eigenvalue weighted by molar-refractivity contribution is 5.95. The molecular weight excluding hydrogens is 250 g/mol. The molecule has 2 N–H and O–H groups in total. The zero-order valence-corrected chi connectivity index (χ0v) is 11.6. The highest BCUT2D eigenvalue weighted by Gasteiger charge is 2.08. The first-order valence-electron chi connectivity index (χ1n) is 6.89. The summed E-state index contributed by atoms with van der Waals surface area (Å²) in [6, 6.07) is 15.1. The van der Waals surface area contributed by atoms with Crippen LogP contribution in [-0.4, -0.2) is 11.1 Å². The van der Waals surface area contributed by atoms with Gasteiger partial charge in [-0.3, -0.25) is 0 Å². The van der Waals surface area contributed by atoms with E-state index in [0.717, 1.165) is 12.1 Å². The average molecular weight is 269 g/mol. The molecule has 104 valence electrons. The Balaban J connectivity index is 2.12. The number of carboxylic acid groups (broad SMARTS) is 1. The predicted octanol–water partition coefficient (Wildman–Crippen LogP) is 4.47. The van der Waals surface area contributed by atoms with E-state index in [9.17, 15) is 4.79 Å². The molecule has 0 saturated heterocycles. The number of anilines is 2. The van der Waals surface area contributed by atoms with Gasteiger partial charge in [0.15, 0.2) is 0 Å². The van der Waals surface area contributed by atoms with E-state index in [4.69, 9.17) is 5.11 Å². The van der Waals surface area contributed by atoms with Crippen molar-refractivity contribution in [1.29, 1.82) is 0 Å². The Hall–Kier alpha value is -2.29. The normalized spacial score (nSPS) is 10.2. The number of aryl methyl sites for hydroxylation is 1. The van der Waals surface area contributed by atoms with Gasteiger partial charge in [0.2, 0.25) is 0 Å². The van der Waals surface area contributed by atoms with Crippen molar-refractivity contribution in [2.45, 2.75) is 26.2 Å². The van der Waals surface area contributed by atoms with E-state index in [1.807, 2.05) is 18.2 Å². The Morgan fingerprint density at radius 3 is 2.45 bits per heavy atom. The van der Waals surface area contributed by atoms with Crippen molar-refractivity contribution in [3.05, 3.63) is 59.7 Å². The van der Waals surface area contributed by atoms with Gasteiger partial charge in [0, 0.05) is 5.69 Å². The van der Waals surface area contributed by atoms with Crippen molar-refractivity contribution in [3.63, 3.8) is 0 Å². The zero-order chi connectivity index (χ0) is 14.4. The third-order valence-corrected chi connectivity index (χ3v) is 3.21. The van der Waals surface area contributed by atoms with Gasteiger partial charge in [-0.15, -0.1) is 0 Å². The quantitative estimate of drug-likeness (QED) is 0.813. The largest absolute Gasteiger partial charge is 0.478 e. The summed E-state index contributed by atoms with van der Waals surface area (Å²) in [5.41, 5.74) is 3.10. The smallest absolute Gasteiger partial charge is 0.337 e. The third-order valence-electron chi connectivity index (χ3n) is 3.21. The molecule has 0 aliphatic heterocycles. The molecule has 0 aromatic heterocycles. The van der Waals surface area contributed by atoms with Crippen LogP contribution in [-0.2, 0) is 6.42 Å². The molecule has 0 atom stereocenters. The number of aromatic carboxylic acids is 1. The van der Waals surface area contributed by atoms with Gasteiger partial charge in [-0.25, -0.2) is 4.79 Å². The molecule has 20 heavy (non-hydrogen) atoms. The molecule has 0 fully saturated rings. The van der Waals surface area contributed by atoms with Gasteiger partial charge in [-0.05, 0) is 42.7 Å². The molecule has 0 aliphatic rings. The van der Waals surface area contributed by atoms with Crippen LogP contribution in [0.4, 0.5) is 11.4 Å². The van der Waals surface area contributed by atoms with Crippen molar-refractivity contribution in [2.24, 2.45) is 0 Å². The van der Waals surface area contributed by atoms with Crippen LogP contribution in [0.1, 0.15) is 35.7 Å². The molecule has 0 saturated carbocycles. The fourth-order valence-corrected chi connectivity index (χ4v) is 2.07. The van der Waals surface area contributed by atoms with Gasteiger partial charge in [0.25, 0.3) is 0 Å². The van der Waals surface area contributed by atoms with Gasteiger partial charge >= 0.3 is 5.97 Å². The standard InChI is InChI=1S/C17H19NO2/c1-2-3-6-13-9-11-14(12-10-13)18-16-8-5-4-7-15(16)17(19)20/h4-5,7-12,18H,2-3,6H2,1H3,(H,19,20). The Morgan fingerprint density at radius 1 is 1.10 bits per heavy atom. The van der Waals surface area contributed by atoms with Crippen LogP contribution in [0.15, 0.2) is 48.5 Å². The molecule has 0 amide bonds. The Labute approximate surface area is 119 Å². The van der Waals surface area contributed by atoms with Crippen molar-refractivity contribution >= 4 is 17.3 Å². The van der Waals surface area contributed by atoms with E-state index in [1.54, 1.807) is 18.2 Å². The van der Waals surface area contributed by atoms with Crippen LogP contribution in [0.5, 0.6) is 0 Å². The molecule has 3 heteroatoms. The first kappa shape index (κ1) is 14.1. The summed E-state index contributed by atoms with van der Waals surface area (Å²) < 4.78 is 0. The van der Waals surface area contributed by atoms with E-state index >= 15 is 0 Å². The maximum atomic E-state index is 11.1. The maximum Gasteiger partial charge on any atom is 0.337 e. The van der Waals surface area contributed by atoms with E-state index < -0.39 is 5.97 Å². The molecule has 2 aromatic rings. The molecule has 0 unspecified atom stereocenters. The number of para-hydroxylation sites is 1. The van der Waals surface area contributed by atoms with E-state index in [-0.39, 0.29) is 5.56 Å². The van der Waals surface area contributed by atoms with E-state index in [1.165, 1.54) is 18.4 Å². The van der Waals surface area contributed by atoms with E-state index in [2.05, 4.69) is 24.4 Å². The second-order valence-corrected chi connectivity index (χ2v) is 4.78. The van der Waals surface area contributed by atoms with Gasteiger partial charge in [0.05, 0.1) is 11.3 Å². The fourth-order valence-electron chi connectivity index (χ4n) is 2.07. The minimum atomic E-state index is -0.923. The maximum absolute atomic E-state index is 11.1. The number of hydrogen-bond acceptors (Lipinski definition) is 2. The zero-order valence-electron chi connectivity index (χ0n) is 11.6. The minimum Gasteiger partial charge on any atom is -0.478 e. The van der Waals surface area contributed by atoms with Crippen LogP contribution in [0.3, 0.4) is 0 Å². The summed E-state index contributed by atoms with van der Waals surface area (Å²) in [5.74, 6) is -0.923. The average Bonchev–Trinajstić information content (AvgIpc) is 2.47. The Kier molecular flexibility index (Phi) is 4.77. The molecule has 0 aliphatic carbocycles. The molecular formula is C17H19NO2. The number of benzene rings is 2. The number of carboxylic acids is 1. The van der Waals surface area contributed by atoms with E-state index in [0.29, 0.717) is 5.69 Å². The highest BCUT2D eigenvalue weighted by Crippen LogP contribution is 2.21. The van der Waals surface area contributed by atoms with Crippen LogP contribution in [0, 0.1) is 0 Å². The summed E-state index contributed by atoms with van der Waals surface area (Å²) in [6.45, 7) is 2.18. The number of nitrogens with one attached hydrogen (secondary N) is 1. The van der Waals surface area contributed by atoms with Gasteiger partial charge in [-0.1, -0.05) is 37.6 Å². The first-order valence-corrected chi connectivity index (χ1v) is 6.89. The van der Waals surface area contributed by atoms with Gasteiger partial charge < -0.3 is 10.4 Å². The monoisotopic (exact) mass is 269 g/mol. The van der Waals surface area contributed by atoms with Crippen molar-refractivity contribution in [2.75, 3.05) is 5.32 Å². The SMILES string of the molecule is CCCCc1ccc(Nc2ccccc2C(=O)O)cc1. The molecule has 0 bridgehead atoms. The lowest BCUT2D eigenvalue weighted by Gasteiger charge is -2.10. The van der Waals surface area contributed by atoms with Crippen molar-refractivity contribution in [3.8, 4) is 0 Å². The van der Waals surface area contributed by atoms with Crippen molar-refractivity contribution in [1.82, 2.24) is 0 Å². The summed E-state index contributed by atoms with van der Waals surface area (Å²) in [7, 11) is 0. The van der Waals surface area contributed by atoms with Crippen LogP contribution in [0.25, 0.3) is 0 Å². The Bertz CT molecular complexity index is 576. The number of hydrogen-bond donors (Lipinski definition) is 2. The summed E-state index contributed by atoms with van der Waals surface area (Å²) in [4.78, 5) is 11.1. The van der Waals surface area contributed by atoms with Crippen LogP contribution >= 0.6 is 0 Å². The third kappa shape index (κ3) is 3.60. The molecule has 3 nitrogen and oxygen atoms in total. The summed E-state index contributed by atoms with van der Waals surface area (Å²) in [6.07, 6.45) is 3.46. The first-order chi connectivity index (χ1) is 9.70. The second kappa shape index (κ2) is 6.75. The molecule has 0 heterocycles. The molecule has 0 spiro atoms. The Morgan fingerprint density at radius 2 is 1.80 bits per heavy atom. The second-order valence-electron chi connectivity index (χ2n) is 4.78. The lowest BCUT2D eigenvalue weighted by atomic mass is 10.1. The summed E-state index contributed by atoms with van der Waals surface area (Å²) >= 11 is 0. The lowest BCUT2D eigenvalue weighted by Crippen LogP contribution is -2.02. The molecule has 0 radical (unpaired) electrons. The molecule has 2 aromatic carbocycles. The van der Waals surface area contributed by atoms with Crippen LogP contribution in [0.2, 0.25) is 0 Å². The van der Waals surface area contributed by atoms with Gasteiger partial charge in [-0.2, -0.15) is 0 Å². The number of carbonyl (C=O) groups is 1. The summed E-state index contributed by atoms with van der Waals surface area (Å²) in [5, 5.41) is 12.3. The predicted molar refractivity (Wildman–Crippen MR) is 81.7 cm³/mol. The number of unbranched alkanes of at least 4 members (excludes halogenated alkanes) is 1. The fraction of sp³-hybridized carbons (Fsp3) is 0.235. The molecule has 2 rings (SSSR count). The minimum absolute atomic E-state index is 0.280.